The van der Waals surface area contributed by atoms with Crippen LogP contribution < -0.4 is 0 Å². The van der Waals surface area contributed by atoms with Gasteiger partial charge in [-0.25, -0.2) is 9.97 Å². The van der Waals surface area contributed by atoms with Gasteiger partial charge in [0.2, 0.25) is 0 Å². The number of rotatable bonds is 5. The second-order valence-corrected chi connectivity index (χ2v) is 16.6. The maximum absolute atomic E-state index is 6.46. The van der Waals surface area contributed by atoms with Gasteiger partial charge in [0, 0.05) is 32.9 Å². The van der Waals surface area contributed by atoms with E-state index in [4.69, 9.17) is 14.4 Å². The van der Waals surface area contributed by atoms with Crippen LogP contribution in [0.3, 0.4) is 0 Å². The summed E-state index contributed by atoms with van der Waals surface area (Å²) in [6, 6.07) is 69.5. The van der Waals surface area contributed by atoms with Gasteiger partial charge in [-0.2, -0.15) is 0 Å². The van der Waals surface area contributed by atoms with E-state index < -0.39 is 0 Å². The van der Waals surface area contributed by atoms with E-state index in [1.807, 2.05) is 18.2 Å². The number of hydrogen-bond acceptors (Lipinski definition) is 3. The molecule has 60 heavy (non-hydrogen) atoms. The van der Waals surface area contributed by atoms with E-state index in [2.05, 4.69) is 190 Å². The first-order valence-corrected chi connectivity index (χ1v) is 20.6. The molecule has 0 aliphatic heterocycles. The van der Waals surface area contributed by atoms with E-state index in [0.717, 1.165) is 66.7 Å². The van der Waals surface area contributed by atoms with Gasteiger partial charge in [0.15, 0.2) is 5.82 Å². The normalized spacial score (nSPS) is 13.0. The third-order valence-electron chi connectivity index (χ3n) is 12.6. The molecule has 0 amide bonds. The molecule has 3 nitrogen and oxygen atoms in total. The number of nitrogens with zero attached hydrogens (tertiary/aromatic N) is 2. The Hall–Kier alpha value is -7.62. The molecule has 0 spiro atoms. The van der Waals surface area contributed by atoms with Gasteiger partial charge >= 0.3 is 0 Å². The molecule has 0 radical (unpaired) electrons. The molecule has 1 aliphatic carbocycles. The lowest BCUT2D eigenvalue weighted by Gasteiger charge is -2.22. The predicted octanol–water partition coefficient (Wildman–Crippen LogP) is 15.3. The molecule has 0 fully saturated rings. The lowest BCUT2D eigenvalue weighted by atomic mass is 9.81. The smallest absolute Gasteiger partial charge is 0.160 e. The molecule has 3 heteroatoms. The van der Waals surface area contributed by atoms with Crippen molar-refractivity contribution in [2.75, 3.05) is 0 Å². The maximum atomic E-state index is 6.46. The fourth-order valence-corrected chi connectivity index (χ4v) is 9.62. The van der Waals surface area contributed by atoms with Crippen LogP contribution in [0, 0.1) is 0 Å². The number of hydrogen-bond donors (Lipinski definition) is 0. The van der Waals surface area contributed by atoms with Gasteiger partial charge < -0.3 is 4.42 Å². The molecular weight excluding hydrogens is 729 g/mol. The van der Waals surface area contributed by atoms with Gasteiger partial charge in [0.05, 0.1) is 11.4 Å². The van der Waals surface area contributed by atoms with Crippen LogP contribution >= 0.6 is 0 Å². The largest absolute Gasteiger partial charge is 0.456 e. The number of aromatic nitrogens is 2. The zero-order chi connectivity index (χ0) is 40.0. The Balaban J connectivity index is 0.999. The van der Waals surface area contributed by atoms with Crippen LogP contribution in [0.25, 0.3) is 111 Å². The highest BCUT2D eigenvalue weighted by molar-refractivity contribution is 6.15. The summed E-state index contributed by atoms with van der Waals surface area (Å²) in [4.78, 5) is 10.5. The second kappa shape index (κ2) is 13.2. The molecule has 11 aromatic rings. The molecule has 9 aromatic carbocycles. The SMILES string of the molecule is CC1(C)c2cc3ccccc3cc2-c2c(-c3cccc(-c4cc(-c5cccc(-c6cccc7oc8cc9ccccc9cc8c67)c5)nc(-c5ccccc5)n4)c3)cccc21. The first kappa shape index (κ1) is 34.4. The van der Waals surface area contributed by atoms with Crippen molar-refractivity contribution in [3.05, 3.63) is 205 Å². The lowest BCUT2D eigenvalue weighted by molar-refractivity contribution is 0.661. The highest BCUT2D eigenvalue weighted by Gasteiger charge is 2.37. The van der Waals surface area contributed by atoms with Crippen molar-refractivity contribution < 1.29 is 4.42 Å². The Morgan fingerprint density at radius 1 is 0.383 bits per heavy atom. The zero-order valence-electron chi connectivity index (χ0n) is 33.3. The van der Waals surface area contributed by atoms with Crippen LogP contribution in [-0.2, 0) is 5.41 Å². The Morgan fingerprint density at radius 3 is 1.65 bits per heavy atom. The van der Waals surface area contributed by atoms with E-state index in [1.165, 1.54) is 49.4 Å². The van der Waals surface area contributed by atoms with E-state index >= 15 is 0 Å². The fourth-order valence-electron chi connectivity index (χ4n) is 9.62. The molecule has 0 saturated heterocycles. The molecule has 12 rings (SSSR count). The summed E-state index contributed by atoms with van der Waals surface area (Å²) in [7, 11) is 0. The summed E-state index contributed by atoms with van der Waals surface area (Å²) in [5.41, 5.74) is 16.4. The Kier molecular flexibility index (Phi) is 7.58. The molecule has 282 valence electrons. The van der Waals surface area contributed by atoms with Crippen LogP contribution in [0.4, 0.5) is 0 Å². The summed E-state index contributed by atoms with van der Waals surface area (Å²) in [6.07, 6.45) is 0. The van der Waals surface area contributed by atoms with Gasteiger partial charge in [-0.1, -0.05) is 159 Å². The summed E-state index contributed by atoms with van der Waals surface area (Å²) >= 11 is 0. The average Bonchev–Trinajstić information content (AvgIpc) is 3.78. The third-order valence-corrected chi connectivity index (χ3v) is 12.6. The van der Waals surface area contributed by atoms with Crippen LogP contribution in [0.2, 0.25) is 0 Å². The Morgan fingerprint density at radius 2 is 0.933 bits per heavy atom. The third kappa shape index (κ3) is 5.43. The molecule has 0 bridgehead atoms. The maximum Gasteiger partial charge on any atom is 0.160 e. The molecule has 0 saturated carbocycles. The minimum Gasteiger partial charge on any atom is -0.456 e. The van der Waals surface area contributed by atoms with Crippen molar-refractivity contribution in [1.29, 1.82) is 0 Å². The van der Waals surface area contributed by atoms with Crippen LogP contribution in [0.15, 0.2) is 199 Å². The highest BCUT2D eigenvalue weighted by atomic mass is 16.3. The summed E-state index contributed by atoms with van der Waals surface area (Å²) < 4.78 is 6.46. The van der Waals surface area contributed by atoms with E-state index in [1.54, 1.807) is 0 Å². The van der Waals surface area contributed by atoms with Crippen LogP contribution in [0.5, 0.6) is 0 Å². The summed E-state index contributed by atoms with van der Waals surface area (Å²) in [6.45, 7) is 4.71. The van der Waals surface area contributed by atoms with E-state index in [9.17, 15) is 0 Å². The zero-order valence-corrected chi connectivity index (χ0v) is 33.3. The Bertz CT molecular complexity index is 3520. The molecule has 0 N–H and O–H groups in total. The van der Waals surface area contributed by atoms with Crippen molar-refractivity contribution in [3.63, 3.8) is 0 Å². The topological polar surface area (TPSA) is 38.9 Å². The van der Waals surface area contributed by atoms with E-state index in [-0.39, 0.29) is 5.41 Å². The minimum atomic E-state index is -0.117. The molecule has 1 aliphatic rings. The minimum absolute atomic E-state index is 0.117. The Labute approximate surface area is 348 Å². The second-order valence-electron chi connectivity index (χ2n) is 16.6. The highest BCUT2D eigenvalue weighted by Crippen LogP contribution is 2.53. The van der Waals surface area contributed by atoms with Gasteiger partial charge in [0.1, 0.15) is 11.2 Å². The number of benzene rings is 9. The molecule has 0 atom stereocenters. The fraction of sp³-hybridized carbons (Fsp3) is 0.0526. The van der Waals surface area contributed by atoms with Gasteiger partial charge in [-0.05, 0) is 115 Å². The quantitative estimate of drug-likeness (QED) is 0.175. The molecule has 2 heterocycles. The van der Waals surface area contributed by atoms with Crippen molar-refractivity contribution >= 4 is 43.5 Å². The average molecular weight is 767 g/mol. The molecule has 2 aromatic heterocycles. The van der Waals surface area contributed by atoms with Gasteiger partial charge in [-0.15, -0.1) is 0 Å². The first-order valence-electron chi connectivity index (χ1n) is 20.6. The molecular formula is C57H38N2O. The van der Waals surface area contributed by atoms with Crippen molar-refractivity contribution in [3.8, 4) is 67.3 Å². The van der Waals surface area contributed by atoms with Crippen molar-refractivity contribution in [1.82, 2.24) is 9.97 Å². The van der Waals surface area contributed by atoms with Crippen molar-refractivity contribution in [2.24, 2.45) is 0 Å². The van der Waals surface area contributed by atoms with Gasteiger partial charge in [0.25, 0.3) is 0 Å². The standard InChI is InChI=1S/C57H38N2O/c1-57(2)48-26-12-24-44(54(48)46-30-36-16-6-8-18-38(36)32-49(46)57)40-20-10-22-42(28-40)50-34-51(59-56(58-50)35-14-4-3-5-15-35)43-23-11-21-41(29-43)45-25-13-27-52-55(45)47-31-37-17-7-9-19-39(37)33-53(47)60-52/h3-34H,1-2H3. The first-order chi connectivity index (χ1) is 29.5. The van der Waals surface area contributed by atoms with E-state index in [0.29, 0.717) is 5.82 Å². The van der Waals surface area contributed by atoms with Crippen molar-refractivity contribution in [2.45, 2.75) is 19.3 Å². The lowest BCUT2D eigenvalue weighted by Crippen LogP contribution is -2.14. The van der Waals surface area contributed by atoms with Crippen LogP contribution in [-0.4, -0.2) is 9.97 Å². The summed E-state index contributed by atoms with van der Waals surface area (Å²) in [5.74, 6) is 0.692. The van der Waals surface area contributed by atoms with Crippen LogP contribution in [0.1, 0.15) is 25.0 Å². The summed E-state index contributed by atoms with van der Waals surface area (Å²) in [5, 5.41) is 7.14. The number of fused-ring (bicyclic) bond motifs is 8. The predicted molar refractivity (Wildman–Crippen MR) is 249 cm³/mol. The van der Waals surface area contributed by atoms with Gasteiger partial charge in [-0.3, -0.25) is 0 Å². The monoisotopic (exact) mass is 766 g/mol. The number of furan rings is 1. The molecule has 0 unspecified atom stereocenters.